The molecule has 0 radical (unpaired) electrons. The van der Waals surface area contributed by atoms with E-state index in [1.165, 1.54) is 22.7 Å². The first-order valence-corrected chi connectivity index (χ1v) is 6.98. The lowest BCUT2D eigenvalue weighted by Gasteiger charge is -2.26. The Kier molecular flexibility index (Phi) is 3.29. The smallest absolute Gasteiger partial charge is 0.329 e. The third-order valence-corrected chi connectivity index (χ3v) is 4.06. The van der Waals surface area contributed by atoms with Crippen molar-refractivity contribution in [1.29, 1.82) is 0 Å². The van der Waals surface area contributed by atoms with E-state index in [1.54, 1.807) is 0 Å². The molecule has 0 bridgehead atoms. The van der Waals surface area contributed by atoms with Crippen LogP contribution in [-0.2, 0) is 19.9 Å². The first kappa shape index (κ1) is 13.5. The molecule has 110 valence electrons. The highest BCUT2D eigenvalue weighted by molar-refractivity contribution is 5.61. The van der Waals surface area contributed by atoms with Crippen LogP contribution in [0.1, 0.15) is 17.5 Å². The van der Waals surface area contributed by atoms with Crippen molar-refractivity contribution >= 4 is 11.5 Å². The van der Waals surface area contributed by atoms with Gasteiger partial charge in [-0.2, -0.15) is 0 Å². The summed E-state index contributed by atoms with van der Waals surface area (Å²) in [5.74, 6) is 0.169. The van der Waals surface area contributed by atoms with Crippen LogP contribution in [0, 0.1) is 0 Å². The van der Waals surface area contributed by atoms with Crippen molar-refractivity contribution in [2.24, 2.45) is 7.05 Å². The number of anilines is 2. The number of rotatable bonds is 2. The zero-order chi connectivity index (χ0) is 15.0. The molecule has 0 saturated heterocycles. The molecular formula is C15H18N4O2. The van der Waals surface area contributed by atoms with Crippen molar-refractivity contribution in [2.45, 2.75) is 25.3 Å². The van der Waals surface area contributed by atoms with Crippen LogP contribution in [0.2, 0.25) is 0 Å². The molecule has 4 N–H and O–H groups in total. The lowest BCUT2D eigenvalue weighted by molar-refractivity contribution is 0.609. The van der Waals surface area contributed by atoms with Crippen LogP contribution in [0.3, 0.4) is 0 Å². The fourth-order valence-corrected chi connectivity index (χ4v) is 2.80. The molecule has 1 heterocycles. The molecule has 0 saturated carbocycles. The number of nitrogens with zero attached hydrogens (tertiary/aromatic N) is 1. The average molecular weight is 286 g/mol. The minimum Gasteiger partial charge on any atom is -0.383 e. The number of aryl methyl sites for hydroxylation is 1. The van der Waals surface area contributed by atoms with Gasteiger partial charge in [-0.1, -0.05) is 24.3 Å². The highest BCUT2D eigenvalue weighted by Gasteiger charge is 2.20. The quantitative estimate of drug-likeness (QED) is 0.754. The van der Waals surface area contributed by atoms with Gasteiger partial charge in [0.25, 0.3) is 5.56 Å². The van der Waals surface area contributed by atoms with Gasteiger partial charge in [-0.05, 0) is 30.4 Å². The summed E-state index contributed by atoms with van der Waals surface area (Å²) in [7, 11) is 1.54. The molecule has 1 atom stereocenters. The van der Waals surface area contributed by atoms with E-state index in [0.29, 0.717) is 0 Å². The Bertz CT molecular complexity index is 791. The summed E-state index contributed by atoms with van der Waals surface area (Å²) in [4.78, 5) is 25.7. The molecule has 3 rings (SSSR count). The first-order valence-electron chi connectivity index (χ1n) is 6.98. The van der Waals surface area contributed by atoms with Gasteiger partial charge >= 0.3 is 5.69 Å². The van der Waals surface area contributed by atoms with E-state index < -0.39 is 11.2 Å². The van der Waals surface area contributed by atoms with Crippen molar-refractivity contribution in [3.63, 3.8) is 0 Å². The second kappa shape index (κ2) is 5.12. The van der Waals surface area contributed by atoms with E-state index in [0.717, 1.165) is 19.3 Å². The number of nitrogens with two attached hydrogens (primary N) is 1. The lowest BCUT2D eigenvalue weighted by atomic mass is 9.88. The fraction of sp³-hybridized carbons (Fsp3) is 0.333. The highest BCUT2D eigenvalue weighted by atomic mass is 16.2. The number of aromatic amines is 1. The molecule has 1 unspecified atom stereocenters. The van der Waals surface area contributed by atoms with E-state index >= 15 is 0 Å². The Morgan fingerprint density at radius 3 is 2.76 bits per heavy atom. The van der Waals surface area contributed by atoms with Crippen molar-refractivity contribution < 1.29 is 0 Å². The molecule has 1 aliphatic rings. The van der Waals surface area contributed by atoms with E-state index in [2.05, 4.69) is 22.4 Å². The summed E-state index contributed by atoms with van der Waals surface area (Å²) in [5, 5.41) is 3.20. The van der Waals surface area contributed by atoms with Crippen molar-refractivity contribution in [3.8, 4) is 0 Å². The van der Waals surface area contributed by atoms with Crippen molar-refractivity contribution in [1.82, 2.24) is 9.55 Å². The van der Waals surface area contributed by atoms with Gasteiger partial charge in [-0.15, -0.1) is 0 Å². The second-order valence-electron chi connectivity index (χ2n) is 5.43. The Labute approximate surface area is 121 Å². The highest BCUT2D eigenvalue weighted by Crippen LogP contribution is 2.23. The number of nitrogen functional groups attached to an aromatic ring is 1. The van der Waals surface area contributed by atoms with Crippen LogP contribution in [0.25, 0.3) is 0 Å². The number of nitrogens with one attached hydrogen (secondary N) is 2. The summed E-state index contributed by atoms with van der Waals surface area (Å²) in [6.45, 7) is 0. The molecule has 21 heavy (non-hydrogen) atoms. The normalized spacial score (nSPS) is 17.3. The minimum absolute atomic E-state index is 0.140. The van der Waals surface area contributed by atoms with Gasteiger partial charge in [-0.3, -0.25) is 14.3 Å². The molecule has 0 aliphatic heterocycles. The molecule has 6 nitrogen and oxygen atoms in total. The molecule has 6 heteroatoms. The fourth-order valence-electron chi connectivity index (χ4n) is 2.80. The van der Waals surface area contributed by atoms with Gasteiger partial charge in [0.1, 0.15) is 11.5 Å². The van der Waals surface area contributed by atoms with Gasteiger partial charge in [-0.25, -0.2) is 4.79 Å². The van der Waals surface area contributed by atoms with Crippen LogP contribution in [0.15, 0.2) is 33.9 Å². The standard InChI is InChI=1S/C15H18N4O2/c1-19-13(16)12(14(20)18-15(19)21)17-11-7-6-9-4-2-3-5-10(9)8-11/h2-5,11,17H,6-8,16H2,1H3,(H,18,20,21). The minimum atomic E-state index is -0.503. The Morgan fingerprint density at radius 1 is 1.29 bits per heavy atom. The molecule has 0 amide bonds. The van der Waals surface area contributed by atoms with E-state index in [9.17, 15) is 9.59 Å². The second-order valence-corrected chi connectivity index (χ2v) is 5.43. The largest absolute Gasteiger partial charge is 0.383 e. The predicted octanol–water partition coefficient (Wildman–Crippen LogP) is 0.625. The zero-order valence-corrected chi connectivity index (χ0v) is 11.8. The van der Waals surface area contributed by atoms with E-state index in [-0.39, 0.29) is 17.5 Å². The first-order chi connectivity index (χ1) is 10.1. The maximum atomic E-state index is 11.9. The van der Waals surface area contributed by atoms with Crippen LogP contribution in [-0.4, -0.2) is 15.6 Å². The van der Waals surface area contributed by atoms with E-state index in [1.807, 2.05) is 12.1 Å². The van der Waals surface area contributed by atoms with Crippen molar-refractivity contribution in [3.05, 3.63) is 56.2 Å². The number of H-pyrrole nitrogens is 1. The summed E-state index contributed by atoms with van der Waals surface area (Å²) < 4.78 is 1.24. The molecule has 2 aromatic rings. The summed E-state index contributed by atoms with van der Waals surface area (Å²) in [6.07, 6.45) is 2.74. The van der Waals surface area contributed by atoms with Gasteiger partial charge in [0.2, 0.25) is 0 Å². The Hall–Kier alpha value is -2.50. The van der Waals surface area contributed by atoms with Crippen LogP contribution in [0.5, 0.6) is 0 Å². The average Bonchev–Trinajstić information content (AvgIpc) is 2.49. The van der Waals surface area contributed by atoms with Crippen molar-refractivity contribution in [2.75, 3.05) is 11.1 Å². The van der Waals surface area contributed by atoms with Crippen LogP contribution in [0.4, 0.5) is 11.5 Å². The number of fused-ring (bicyclic) bond motifs is 1. The van der Waals surface area contributed by atoms with Crippen LogP contribution >= 0.6 is 0 Å². The lowest BCUT2D eigenvalue weighted by Crippen LogP contribution is -2.36. The zero-order valence-electron chi connectivity index (χ0n) is 11.8. The Balaban J connectivity index is 1.88. The number of benzene rings is 1. The topological polar surface area (TPSA) is 92.9 Å². The molecule has 1 aromatic carbocycles. The van der Waals surface area contributed by atoms with Gasteiger partial charge < -0.3 is 11.1 Å². The number of hydrogen-bond donors (Lipinski definition) is 3. The third-order valence-electron chi connectivity index (χ3n) is 4.06. The van der Waals surface area contributed by atoms with Gasteiger partial charge in [0.15, 0.2) is 0 Å². The number of aromatic nitrogens is 2. The maximum Gasteiger partial charge on any atom is 0.329 e. The molecular weight excluding hydrogens is 268 g/mol. The Morgan fingerprint density at radius 2 is 2.00 bits per heavy atom. The van der Waals surface area contributed by atoms with Crippen LogP contribution < -0.4 is 22.3 Å². The monoisotopic (exact) mass is 286 g/mol. The SMILES string of the molecule is Cn1c(N)c(NC2CCc3ccccc3C2)c(=O)[nH]c1=O. The summed E-state index contributed by atoms with van der Waals surface area (Å²) in [5.41, 5.74) is 7.84. The molecule has 0 fully saturated rings. The summed E-state index contributed by atoms with van der Waals surface area (Å²) in [6, 6.07) is 8.45. The molecule has 1 aromatic heterocycles. The molecule has 1 aliphatic carbocycles. The van der Waals surface area contributed by atoms with Gasteiger partial charge in [0.05, 0.1) is 0 Å². The van der Waals surface area contributed by atoms with E-state index in [4.69, 9.17) is 5.73 Å². The third kappa shape index (κ3) is 2.44. The number of hydrogen-bond acceptors (Lipinski definition) is 4. The molecule has 0 spiro atoms. The van der Waals surface area contributed by atoms with Gasteiger partial charge in [0, 0.05) is 13.1 Å². The maximum absolute atomic E-state index is 11.9. The summed E-state index contributed by atoms with van der Waals surface area (Å²) >= 11 is 0. The predicted molar refractivity (Wildman–Crippen MR) is 82.6 cm³/mol.